The summed E-state index contributed by atoms with van der Waals surface area (Å²) in [5.74, 6) is 3.90. The Kier molecular flexibility index (Phi) is 15.4. The molecule has 0 aromatic heterocycles. The lowest BCUT2D eigenvalue weighted by atomic mass is 9.72. The first-order valence-electron chi connectivity index (χ1n) is 28.9. The molecule has 0 amide bonds. The molecule has 15 heteroatoms. The van der Waals surface area contributed by atoms with Crippen molar-refractivity contribution in [2.24, 2.45) is 10.8 Å². The topological polar surface area (TPSA) is 126 Å². The molecule has 4 heterocycles. The predicted octanol–water partition coefficient (Wildman–Crippen LogP) is 18.3. The lowest BCUT2D eigenvalue weighted by molar-refractivity contribution is 0.134. The molecule has 444 valence electrons. The maximum absolute atomic E-state index is 16.7. The molecule has 83 heavy (non-hydrogen) atoms. The highest BCUT2D eigenvalue weighted by atomic mass is 32.2. The molecule has 12 nitrogen and oxygen atoms in total. The molecule has 0 saturated carbocycles. The normalized spacial score (nSPS) is 17.3. The van der Waals surface area contributed by atoms with E-state index >= 15 is 8.42 Å². The molecule has 0 N–H and O–H groups in total. The number of para-hydroxylation sites is 4. The molecule has 0 unspecified atom stereocenters. The third-order valence-corrected chi connectivity index (χ3v) is 19.1. The zero-order valence-corrected chi connectivity index (χ0v) is 54.4. The average molecular weight is 1190 g/mol. The fourth-order valence-electron chi connectivity index (χ4n) is 12.6. The van der Waals surface area contributed by atoms with Crippen molar-refractivity contribution in [1.82, 2.24) is 0 Å². The van der Waals surface area contributed by atoms with Gasteiger partial charge in [0.05, 0.1) is 0 Å². The van der Waals surface area contributed by atoms with E-state index in [1.54, 1.807) is 24.3 Å². The van der Waals surface area contributed by atoms with E-state index in [4.69, 9.17) is 46.1 Å². The van der Waals surface area contributed by atoms with Gasteiger partial charge < -0.3 is 46.1 Å². The SMILES string of the molecule is CC(C)(C)CC(C)(C)c1ccc(OP(Oc2cccc3c2OC(C)(C)C3)Oc2cccc3c2OC(C)(C)C3)c(S(=O)(=O)c2cc(C(C)(C)CC(C)(C)C)ccc2OP(Oc2cccc3c2OC(C)(C)C3)Oc2cccc3c2OC(C)(C)C3)c1. The van der Waals surface area contributed by atoms with Crippen LogP contribution in [0, 0.1) is 10.8 Å². The van der Waals surface area contributed by atoms with Gasteiger partial charge in [0, 0.05) is 47.9 Å². The Morgan fingerprint density at radius 3 is 0.892 bits per heavy atom. The van der Waals surface area contributed by atoms with Crippen LogP contribution >= 0.6 is 17.2 Å². The van der Waals surface area contributed by atoms with Crippen LogP contribution in [0.15, 0.2) is 119 Å². The van der Waals surface area contributed by atoms with E-state index in [1.807, 2.05) is 140 Å². The predicted molar refractivity (Wildman–Crippen MR) is 330 cm³/mol. The molecule has 0 saturated heterocycles. The van der Waals surface area contributed by atoms with Gasteiger partial charge in [0.1, 0.15) is 43.7 Å². The van der Waals surface area contributed by atoms with Crippen molar-refractivity contribution in [2.45, 2.75) is 206 Å². The summed E-state index contributed by atoms with van der Waals surface area (Å²) in [4.78, 5) is -0.226. The quantitative estimate of drug-likeness (QED) is 0.0760. The maximum atomic E-state index is 16.7. The van der Waals surface area contributed by atoms with Crippen LogP contribution < -0.4 is 46.1 Å². The van der Waals surface area contributed by atoms with Crippen LogP contribution in [-0.2, 0) is 46.4 Å². The fraction of sp³-hybridized carbons (Fsp3) is 0.471. The summed E-state index contributed by atoms with van der Waals surface area (Å²) >= 11 is 0. The minimum Gasteiger partial charge on any atom is -0.483 e. The number of rotatable bonds is 18. The minimum absolute atomic E-state index is 0.00774. The Morgan fingerprint density at radius 1 is 0.386 bits per heavy atom. The van der Waals surface area contributed by atoms with Crippen LogP contribution in [0.3, 0.4) is 0 Å². The van der Waals surface area contributed by atoms with E-state index in [2.05, 4.69) is 69.2 Å². The van der Waals surface area contributed by atoms with E-state index in [0.717, 1.165) is 46.2 Å². The van der Waals surface area contributed by atoms with Crippen LogP contribution in [0.1, 0.15) is 171 Å². The van der Waals surface area contributed by atoms with Crippen molar-refractivity contribution in [3.63, 3.8) is 0 Å². The summed E-state index contributed by atoms with van der Waals surface area (Å²) in [6, 6.07) is 33.8. The van der Waals surface area contributed by atoms with Gasteiger partial charge in [0.2, 0.25) is 9.84 Å². The summed E-state index contributed by atoms with van der Waals surface area (Å²) < 4.78 is 101. The Balaban J connectivity index is 1.14. The Hall–Kier alpha value is -5.87. The van der Waals surface area contributed by atoms with Crippen molar-refractivity contribution in [1.29, 1.82) is 0 Å². The van der Waals surface area contributed by atoms with Crippen LogP contribution in [0.2, 0.25) is 0 Å². The van der Waals surface area contributed by atoms with E-state index in [0.29, 0.717) is 71.7 Å². The second-order valence-corrected chi connectivity index (χ2v) is 33.1. The first-order valence-corrected chi connectivity index (χ1v) is 32.6. The van der Waals surface area contributed by atoms with Crippen LogP contribution in [0.25, 0.3) is 0 Å². The summed E-state index contributed by atoms with van der Waals surface area (Å²) in [5.41, 5.74) is 2.25. The molecule has 6 aromatic carbocycles. The Morgan fingerprint density at radius 2 is 0.639 bits per heavy atom. The molecule has 0 radical (unpaired) electrons. The second-order valence-electron chi connectivity index (χ2n) is 29.2. The first kappa shape index (κ1) is 60.3. The van der Waals surface area contributed by atoms with Gasteiger partial charge in [-0.05, 0) is 150 Å². The lowest BCUT2D eigenvalue weighted by Crippen LogP contribution is -2.26. The molecule has 6 aromatic rings. The van der Waals surface area contributed by atoms with Crippen molar-refractivity contribution < 1.29 is 54.5 Å². The molecule has 4 aliphatic heterocycles. The van der Waals surface area contributed by atoms with Gasteiger partial charge in [-0.15, -0.1) is 0 Å². The van der Waals surface area contributed by atoms with E-state index in [1.165, 1.54) is 0 Å². The smallest absolute Gasteiger partial charge is 0.483 e. The molecule has 0 spiro atoms. The highest BCUT2D eigenvalue weighted by molar-refractivity contribution is 7.91. The highest BCUT2D eigenvalue weighted by Crippen LogP contribution is 2.57. The van der Waals surface area contributed by atoms with E-state index in [9.17, 15) is 0 Å². The molecular weight excluding hydrogens is 1100 g/mol. The van der Waals surface area contributed by atoms with Gasteiger partial charge in [-0.1, -0.05) is 130 Å². The largest absolute Gasteiger partial charge is 0.530 e. The molecule has 0 atom stereocenters. The van der Waals surface area contributed by atoms with Crippen molar-refractivity contribution >= 4 is 27.0 Å². The van der Waals surface area contributed by atoms with Gasteiger partial charge in [0.15, 0.2) is 46.0 Å². The summed E-state index contributed by atoms with van der Waals surface area (Å²) in [7, 11) is -9.71. The fourth-order valence-corrected chi connectivity index (χ4v) is 16.4. The zero-order valence-electron chi connectivity index (χ0n) is 51.8. The van der Waals surface area contributed by atoms with Gasteiger partial charge >= 0.3 is 17.2 Å². The summed E-state index contributed by atoms with van der Waals surface area (Å²) in [6.07, 6.45) is 4.13. The molecular formula is C68H84O12P2S. The number of hydrogen-bond acceptors (Lipinski definition) is 12. The Labute approximate surface area is 496 Å². The first-order chi connectivity index (χ1) is 38.4. The third kappa shape index (κ3) is 13.5. The summed E-state index contributed by atoms with van der Waals surface area (Å²) in [6.45, 7) is 37.9. The van der Waals surface area contributed by atoms with Gasteiger partial charge in [0.25, 0.3) is 0 Å². The van der Waals surface area contributed by atoms with Crippen molar-refractivity contribution in [3.05, 3.63) is 143 Å². The maximum Gasteiger partial charge on any atom is 0.530 e. The number of hydrogen-bond donors (Lipinski definition) is 0. The zero-order chi connectivity index (χ0) is 60.1. The number of sulfone groups is 1. The third-order valence-electron chi connectivity index (χ3n) is 15.2. The number of fused-ring (bicyclic) bond motifs is 4. The number of ether oxygens (including phenoxy) is 4. The van der Waals surface area contributed by atoms with Crippen molar-refractivity contribution in [2.75, 3.05) is 0 Å². The monoisotopic (exact) mass is 1190 g/mol. The van der Waals surface area contributed by atoms with Crippen molar-refractivity contribution in [3.8, 4) is 57.5 Å². The standard InChI is InChI=1S/C68H84O12P2S/c1-61(2,3)41-63(7,8)47-31-33-49(75-81(77-51-27-19-23-43-37-65(11,12)71-57(43)51)78-52-28-20-24-44-38-66(13,14)72-58(44)52)55(35-47)83(69,70)56-36-48(64(9,10)42-62(4,5)6)32-34-50(56)76-82(79-53-29-21-25-45-39-67(15,16)73-59(45)53)80-54-30-22-26-46-40-68(17,18)74-60(46)54/h19-36H,37-42H2,1-18H3. The summed E-state index contributed by atoms with van der Waals surface area (Å²) in [5, 5.41) is 0. The second kappa shape index (κ2) is 21.3. The lowest BCUT2D eigenvalue weighted by Gasteiger charge is -2.34. The van der Waals surface area contributed by atoms with Gasteiger partial charge in [-0.25, -0.2) is 8.42 Å². The van der Waals surface area contributed by atoms with Gasteiger partial charge in [-0.2, -0.15) is 0 Å². The van der Waals surface area contributed by atoms with Crippen LogP contribution in [-0.4, -0.2) is 30.8 Å². The minimum atomic E-state index is -4.69. The van der Waals surface area contributed by atoms with E-state index in [-0.39, 0.29) is 32.1 Å². The Bertz CT molecular complexity index is 3200. The van der Waals surface area contributed by atoms with Gasteiger partial charge in [-0.3, -0.25) is 0 Å². The molecule has 0 fully saturated rings. The van der Waals surface area contributed by atoms with Crippen LogP contribution in [0.5, 0.6) is 57.5 Å². The average Bonchev–Trinajstić information content (AvgIpc) is 4.16. The molecule has 4 aliphatic rings. The van der Waals surface area contributed by atoms with Crippen LogP contribution in [0.4, 0.5) is 0 Å². The van der Waals surface area contributed by atoms with E-state index < -0.39 is 60.3 Å². The highest BCUT2D eigenvalue weighted by Gasteiger charge is 2.42. The molecule has 0 aliphatic carbocycles. The number of benzene rings is 6. The molecule has 0 bridgehead atoms. The molecule has 10 rings (SSSR count).